The molecule has 2 N–H and O–H groups in total. The predicted octanol–water partition coefficient (Wildman–Crippen LogP) is 6.02. The first-order chi connectivity index (χ1) is 27.2. The number of allylic oxidation sites excluding steroid dienone is 1. The number of piperidine rings is 1. The maximum atomic E-state index is 14.3. The van der Waals surface area contributed by atoms with Crippen molar-refractivity contribution in [3.63, 3.8) is 0 Å². The summed E-state index contributed by atoms with van der Waals surface area (Å²) in [5.74, 6) is -6.04. The first kappa shape index (κ1) is 50.2. The van der Waals surface area contributed by atoms with Gasteiger partial charge in [0, 0.05) is 44.7 Å². The number of aliphatic hydroxyl groups is 2. The van der Waals surface area contributed by atoms with E-state index < -0.39 is 68.6 Å². The number of oxime groups is 1. The van der Waals surface area contributed by atoms with Gasteiger partial charge in [0.25, 0.3) is 11.7 Å². The summed E-state index contributed by atoms with van der Waals surface area (Å²) in [5.41, 5.74) is 1.64. The number of fused-ring (bicyclic) bond motifs is 3. The Morgan fingerprint density at radius 1 is 1.03 bits per heavy atom. The second-order valence-electron chi connectivity index (χ2n) is 18.8. The molecule has 0 aromatic rings. The number of hydrogen-bond acceptors (Lipinski definition) is 12. The number of Topliss-reactive ketones (excluding diaryl/α,β-unsaturated/α-hetero) is 1. The molecule has 13 atom stereocenters. The number of carbonyl (C=O) groups is 3. The molecule has 2 fully saturated rings. The van der Waals surface area contributed by atoms with E-state index in [1.165, 1.54) is 10.5 Å². The fourth-order valence-corrected chi connectivity index (χ4v) is 9.70. The molecule has 14 heteroatoms. The molecule has 1 unspecified atom stereocenters. The quantitative estimate of drug-likeness (QED) is 0.0503. The zero-order valence-electron chi connectivity index (χ0n) is 38.0. The van der Waals surface area contributed by atoms with Gasteiger partial charge in [0.1, 0.15) is 24.9 Å². The number of methoxy groups -OCH3 is 2. The van der Waals surface area contributed by atoms with Crippen molar-refractivity contribution in [1.82, 2.24) is 4.90 Å². The van der Waals surface area contributed by atoms with Crippen molar-refractivity contribution in [3.05, 3.63) is 11.6 Å². The van der Waals surface area contributed by atoms with Crippen LogP contribution in [-0.2, 0) is 42.9 Å². The van der Waals surface area contributed by atoms with Gasteiger partial charge in [-0.3, -0.25) is 9.59 Å². The smallest absolute Gasteiger partial charge is 0.329 e. The predicted molar refractivity (Wildman–Crippen MR) is 227 cm³/mol. The molecule has 3 heterocycles. The Hall–Kier alpha value is -2.20. The van der Waals surface area contributed by atoms with Gasteiger partial charge in [-0.2, -0.15) is 0 Å². The fourth-order valence-electron chi connectivity index (χ4n) is 8.66. The van der Waals surface area contributed by atoms with Crippen molar-refractivity contribution in [1.29, 1.82) is 0 Å². The van der Waals surface area contributed by atoms with Crippen LogP contribution in [0, 0.1) is 29.6 Å². The van der Waals surface area contributed by atoms with Crippen LogP contribution in [0.1, 0.15) is 121 Å². The molecule has 3 rings (SSSR count). The summed E-state index contributed by atoms with van der Waals surface area (Å²) in [4.78, 5) is 49.4. The van der Waals surface area contributed by atoms with Gasteiger partial charge in [-0.15, -0.1) is 0 Å². The van der Waals surface area contributed by atoms with E-state index in [1.807, 2.05) is 6.92 Å². The third kappa shape index (κ3) is 12.9. The first-order valence-electron chi connectivity index (χ1n) is 21.8. The molecule has 0 saturated carbocycles. The number of carbonyl (C=O) groups excluding carboxylic acids is 3. The number of hydrogen-bond donors (Lipinski definition) is 2. The molecule has 2 saturated heterocycles. The van der Waals surface area contributed by atoms with Crippen LogP contribution < -0.4 is 0 Å². The SMILES string of the molecule is CC[C@@H]1/C=C(\C)C[C@H](C)C[C@H](OC)[C@H]2O[C@@](O)(C(=O)C(=O)N3CCCC[C@H]3C(=O)O[C@H](/C(C)=N/OCCO)[C@H](C)[C@@H](C)C[C@H]1OC[SiH](C)C(C)(C)C)[C@H](C)C[C@@H]2OC. The lowest BCUT2D eigenvalue weighted by Gasteiger charge is -2.47. The number of ketones is 1. The van der Waals surface area contributed by atoms with E-state index in [1.54, 1.807) is 28.1 Å². The third-order valence-electron chi connectivity index (χ3n) is 13.3. The molecular weight excluding hydrogens is 761 g/mol. The topological polar surface area (TPSA) is 163 Å². The van der Waals surface area contributed by atoms with Gasteiger partial charge in [0.15, 0.2) is 0 Å². The molecule has 13 nitrogen and oxygen atoms in total. The van der Waals surface area contributed by atoms with Crippen molar-refractivity contribution < 1.29 is 53.1 Å². The summed E-state index contributed by atoms with van der Waals surface area (Å²) in [5, 5.41) is 25.9. The molecule has 58 heavy (non-hydrogen) atoms. The molecule has 2 bridgehead atoms. The Balaban J connectivity index is 2.17. The molecule has 0 spiro atoms. The standard InChI is InChI=1S/C44H78N2O11Si/c1-14-33-22-27(2)21-28(3)23-36(52-11)39-37(53-12)25-30(5)44(51,57-39)40(48)41(49)46-18-16-15-17-34(46)42(50)56-38(32(7)45-55-20-19-47)31(6)29(4)24-35(33)54-26-58(13)43(8,9)10/h22,28-31,33-39,47,51,58H,14-21,23-26H2,1-13H3/b27-22+,45-32+/t28-,29-,30+,31+,33+,34-,35+,36-,37-,38-,39+,44+,58?/m0/s1. The van der Waals surface area contributed by atoms with E-state index in [9.17, 15) is 24.6 Å². The van der Waals surface area contributed by atoms with Crippen LogP contribution in [0.5, 0.6) is 0 Å². The van der Waals surface area contributed by atoms with Gasteiger partial charge < -0.3 is 43.6 Å². The maximum absolute atomic E-state index is 14.3. The summed E-state index contributed by atoms with van der Waals surface area (Å²) in [6, 6.07) is -1.06. The minimum Gasteiger partial charge on any atom is -0.454 e. The Kier molecular flexibility index (Phi) is 19.5. The minimum atomic E-state index is -2.46. The molecule has 0 radical (unpaired) electrons. The van der Waals surface area contributed by atoms with Crippen LogP contribution in [0.3, 0.4) is 0 Å². The molecule has 0 aromatic heterocycles. The van der Waals surface area contributed by atoms with Crippen molar-refractivity contribution in [3.8, 4) is 0 Å². The van der Waals surface area contributed by atoms with E-state index in [0.29, 0.717) is 31.4 Å². The summed E-state index contributed by atoms with van der Waals surface area (Å²) < 4.78 is 31.5. The lowest BCUT2D eigenvalue weighted by atomic mass is 9.81. The molecule has 334 valence electrons. The van der Waals surface area contributed by atoms with Gasteiger partial charge >= 0.3 is 5.97 Å². The summed E-state index contributed by atoms with van der Waals surface area (Å²) in [6.07, 6.45) is 4.93. The first-order valence-corrected chi connectivity index (χ1v) is 24.4. The number of ether oxygens (including phenoxy) is 5. The summed E-state index contributed by atoms with van der Waals surface area (Å²) in [7, 11) is 1.89. The average Bonchev–Trinajstić information content (AvgIpc) is 3.18. The van der Waals surface area contributed by atoms with Gasteiger partial charge in [0.05, 0.1) is 39.4 Å². The Morgan fingerprint density at radius 2 is 1.69 bits per heavy atom. The zero-order valence-corrected chi connectivity index (χ0v) is 39.1. The van der Waals surface area contributed by atoms with E-state index in [0.717, 1.165) is 19.1 Å². The van der Waals surface area contributed by atoms with Crippen molar-refractivity contribution in [2.75, 3.05) is 40.2 Å². The zero-order chi connectivity index (χ0) is 43.5. The van der Waals surface area contributed by atoms with Crippen molar-refractivity contribution in [2.45, 2.75) is 175 Å². The van der Waals surface area contributed by atoms with E-state index in [2.05, 4.69) is 66.2 Å². The molecule has 0 aromatic carbocycles. The van der Waals surface area contributed by atoms with Crippen LogP contribution in [0.2, 0.25) is 11.6 Å². The second kappa shape index (κ2) is 22.6. The summed E-state index contributed by atoms with van der Waals surface area (Å²) in [6.45, 7) is 23.2. The normalized spacial score (nSPS) is 37.2. The maximum Gasteiger partial charge on any atom is 0.329 e. The highest BCUT2D eigenvalue weighted by Crippen LogP contribution is 2.39. The summed E-state index contributed by atoms with van der Waals surface area (Å²) >= 11 is 0. The van der Waals surface area contributed by atoms with E-state index >= 15 is 0 Å². The number of cyclic esters (lactones) is 1. The van der Waals surface area contributed by atoms with Crippen LogP contribution in [0.15, 0.2) is 16.8 Å². The molecular formula is C44H78N2O11Si. The Bertz CT molecular complexity index is 1400. The van der Waals surface area contributed by atoms with Gasteiger partial charge in [0.2, 0.25) is 5.79 Å². The molecule has 1 amide bonds. The number of amides is 1. The van der Waals surface area contributed by atoms with Crippen LogP contribution in [0.25, 0.3) is 0 Å². The molecule has 3 aliphatic rings. The molecule has 0 aliphatic carbocycles. The number of nitrogens with zero attached hydrogens (tertiary/aromatic N) is 2. The van der Waals surface area contributed by atoms with Crippen LogP contribution in [0.4, 0.5) is 0 Å². The minimum absolute atomic E-state index is 0.0118. The Morgan fingerprint density at radius 3 is 2.29 bits per heavy atom. The number of aliphatic hydroxyl groups excluding tert-OH is 1. The van der Waals surface area contributed by atoms with Gasteiger partial charge in [-0.05, 0) is 82.1 Å². The highest BCUT2D eigenvalue weighted by atomic mass is 28.3. The fraction of sp³-hybridized carbons (Fsp3) is 0.864. The second-order valence-corrected chi connectivity index (χ2v) is 22.7. The lowest BCUT2D eigenvalue weighted by Crippen LogP contribution is -2.64. The van der Waals surface area contributed by atoms with E-state index in [-0.39, 0.29) is 67.4 Å². The largest absolute Gasteiger partial charge is 0.454 e. The lowest BCUT2D eigenvalue weighted by molar-refractivity contribution is -0.302. The van der Waals surface area contributed by atoms with Crippen LogP contribution in [-0.4, -0.2) is 130 Å². The number of esters is 1. The van der Waals surface area contributed by atoms with E-state index in [4.69, 9.17) is 28.5 Å². The van der Waals surface area contributed by atoms with Gasteiger partial charge in [-0.1, -0.05) is 78.7 Å². The number of rotatable bonds is 10. The average molecular weight is 839 g/mol. The highest BCUT2D eigenvalue weighted by Gasteiger charge is 2.56. The van der Waals surface area contributed by atoms with Gasteiger partial charge in [-0.25, -0.2) is 4.79 Å². The highest BCUT2D eigenvalue weighted by molar-refractivity contribution is 6.60. The molecule has 3 aliphatic heterocycles. The van der Waals surface area contributed by atoms with Crippen molar-refractivity contribution in [2.24, 2.45) is 34.7 Å². The van der Waals surface area contributed by atoms with Crippen molar-refractivity contribution >= 4 is 32.2 Å². The van der Waals surface area contributed by atoms with Crippen LogP contribution >= 0.6 is 0 Å². The monoisotopic (exact) mass is 839 g/mol. The Labute approximate surface area is 350 Å². The third-order valence-corrected chi connectivity index (χ3v) is 16.9.